The molecule has 0 bridgehead atoms. The van der Waals surface area contributed by atoms with Crippen molar-refractivity contribution in [3.05, 3.63) is 70.5 Å². The molecule has 0 amide bonds. The van der Waals surface area contributed by atoms with E-state index in [1.165, 1.54) is 11.6 Å². The highest BCUT2D eigenvalue weighted by Gasteiger charge is 2.36. The minimum Gasteiger partial charge on any atom is -0.299 e. The second kappa shape index (κ2) is 8.05. The Morgan fingerprint density at radius 2 is 1.88 bits per heavy atom. The predicted octanol–water partition coefficient (Wildman–Crippen LogP) is 3.95. The van der Waals surface area contributed by atoms with Gasteiger partial charge in [0.15, 0.2) is 0 Å². The Hall–Kier alpha value is -1.46. The van der Waals surface area contributed by atoms with Crippen LogP contribution in [0.15, 0.2) is 48.5 Å². The molecule has 0 saturated carbocycles. The second-order valence-corrected chi connectivity index (χ2v) is 7.82. The lowest BCUT2D eigenvalue weighted by molar-refractivity contribution is 0.152. The molecule has 2 aliphatic heterocycles. The third-order valence-corrected chi connectivity index (χ3v) is 6.16. The van der Waals surface area contributed by atoms with E-state index in [1.54, 1.807) is 6.07 Å². The van der Waals surface area contributed by atoms with Gasteiger partial charge in [-0.25, -0.2) is 4.39 Å². The van der Waals surface area contributed by atoms with E-state index in [9.17, 15) is 4.39 Å². The lowest BCUT2D eigenvalue weighted by atomic mass is 9.80. The number of hydrazine groups is 1. The third kappa shape index (κ3) is 3.94. The van der Waals surface area contributed by atoms with Gasteiger partial charge in [-0.3, -0.25) is 15.8 Å². The van der Waals surface area contributed by atoms with Crippen molar-refractivity contribution < 1.29 is 4.39 Å². The Labute approximate surface area is 159 Å². The summed E-state index contributed by atoms with van der Waals surface area (Å²) in [6, 6.07) is 15.5. The molecule has 138 valence electrons. The summed E-state index contributed by atoms with van der Waals surface area (Å²) in [6.45, 7) is 3.91. The molecule has 2 atom stereocenters. The number of rotatable bonds is 4. The molecule has 2 fully saturated rings. The normalized spacial score (nSPS) is 24.8. The van der Waals surface area contributed by atoms with Crippen LogP contribution in [0.2, 0.25) is 5.02 Å². The molecule has 0 aliphatic carbocycles. The number of likely N-dealkylation sites (tertiary alicyclic amines) is 1. The van der Waals surface area contributed by atoms with Crippen molar-refractivity contribution in [2.45, 2.75) is 31.3 Å². The van der Waals surface area contributed by atoms with Gasteiger partial charge >= 0.3 is 0 Å². The fourth-order valence-electron chi connectivity index (χ4n) is 4.36. The van der Waals surface area contributed by atoms with Crippen molar-refractivity contribution in [2.24, 2.45) is 5.92 Å². The number of hydrogen-bond donors (Lipinski definition) is 2. The summed E-state index contributed by atoms with van der Waals surface area (Å²) < 4.78 is 13.6. The zero-order chi connectivity index (χ0) is 17.9. The number of hydrogen-bond acceptors (Lipinski definition) is 3. The van der Waals surface area contributed by atoms with E-state index in [-0.39, 0.29) is 5.82 Å². The van der Waals surface area contributed by atoms with Gasteiger partial charge in [-0.05, 0) is 61.2 Å². The minimum atomic E-state index is -0.150. The highest BCUT2D eigenvalue weighted by atomic mass is 35.5. The topological polar surface area (TPSA) is 27.3 Å². The molecule has 0 radical (unpaired) electrons. The maximum absolute atomic E-state index is 13.6. The van der Waals surface area contributed by atoms with E-state index in [1.807, 2.05) is 30.3 Å². The zero-order valence-corrected chi connectivity index (χ0v) is 15.6. The van der Waals surface area contributed by atoms with E-state index >= 15 is 0 Å². The largest absolute Gasteiger partial charge is 0.299 e. The number of piperidine rings is 1. The molecule has 4 rings (SSSR count). The fourth-order valence-corrected chi connectivity index (χ4v) is 4.56. The van der Waals surface area contributed by atoms with E-state index in [4.69, 9.17) is 11.6 Å². The van der Waals surface area contributed by atoms with Crippen LogP contribution in [0.1, 0.15) is 29.9 Å². The van der Waals surface area contributed by atoms with Crippen LogP contribution in [0.5, 0.6) is 0 Å². The molecule has 26 heavy (non-hydrogen) atoms. The lowest BCUT2D eigenvalue weighted by Crippen LogP contribution is -2.44. The van der Waals surface area contributed by atoms with Crippen LogP contribution in [0.3, 0.4) is 0 Å². The van der Waals surface area contributed by atoms with Crippen molar-refractivity contribution in [2.75, 3.05) is 19.6 Å². The molecular weight excluding hydrogens is 349 g/mol. The standard InChI is InChI=1S/C21H25ClFN3/c22-20-7-2-1-4-17(20)14-26-10-8-15(9-11-26)21-19(13-24-25-21)16-5-3-6-18(23)12-16/h1-7,12,15,19,21,24-25H,8-11,13-14H2. The Kier molecular flexibility index (Phi) is 5.55. The number of nitrogens with zero attached hydrogens (tertiary/aromatic N) is 1. The molecule has 2 aromatic carbocycles. The Bertz CT molecular complexity index is 746. The van der Waals surface area contributed by atoms with Gasteiger partial charge in [0, 0.05) is 30.1 Å². The summed E-state index contributed by atoms with van der Waals surface area (Å²) in [5.41, 5.74) is 9.04. The number of halogens is 2. The smallest absolute Gasteiger partial charge is 0.123 e. The van der Waals surface area contributed by atoms with Crippen molar-refractivity contribution in [3.8, 4) is 0 Å². The molecule has 3 nitrogen and oxygen atoms in total. The summed E-state index contributed by atoms with van der Waals surface area (Å²) in [6.07, 6.45) is 2.30. The van der Waals surface area contributed by atoms with Gasteiger partial charge in [0.05, 0.1) is 0 Å². The van der Waals surface area contributed by atoms with Crippen LogP contribution >= 0.6 is 11.6 Å². The fraction of sp³-hybridized carbons (Fsp3) is 0.429. The number of benzene rings is 2. The first-order valence-corrected chi connectivity index (χ1v) is 9.78. The quantitative estimate of drug-likeness (QED) is 0.849. The van der Waals surface area contributed by atoms with Gasteiger partial charge in [-0.1, -0.05) is 41.9 Å². The van der Waals surface area contributed by atoms with E-state index in [2.05, 4.69) is 21.8 Å². The van der Waals surface area contributed by atoms with Gasteiger partial charge in [-0.15, -0.1) is 0 Å². The summed E-state index contributed by atoms with van der Waals surface area (Å²) in [4.78, 5) is 2.48. The minimum absolute atomic E-state index is 0.150. The van der Waals surface area contributed by atoms with Crippen LogP contribution in [0.25, 0.3) is 0 Å². The van der Waals surface area contributed by atoms with Gasteiger partial charge in [0.25, 0.3) is 0 Å². The third-order valence-electron chi connectivity index (χ3n) is 5.79. The summed E-state index contributed by atoms with van der Waals surface area (Å²) in [5.74, 6) is 0.772. The number of nitrogens with one attached hydrogen (secondary N) is 2. The first kappa shape index (κ1) is 17.9. The van der Waals surface area contributed by atoms with Crippen LogP contribution < -0.4 is 10.9 Å². The average molecular weight is 374 g/mol. The molecule has 2 aliphatic rings. The summed E-state index contributed by atoms with van der Waals surface area (Å²) in [5, 5.41) is 0.849. The van der Waals surface area contributed by atoms with Gasteiger partial charge < -0.3 is 0 Å². The first-order chi connectivity index (χ1) is 12.7. The molecule has 2 unspecified atom stereocenters. The van der Waals surface area contributed by atoms with Crippen LogP contribution in [-0.2, 0) is 6.54 Å². The molecular formula is C21H25ClFN3. The second-order valence-electron chi connectivity index (χ2n) is 7.42. The van der Waals surface area contributed by atoms with Crippen molar-refractivity contribution in [1.82, 2.24) is 15.8 Å². The Balaban J connectivity index is 1.37. The average Bonchev–Trinajstić information content (AvgIpc) is 3.14. The van der Waals surface area contributed by atoms with Gasteiger partial charge in [-0.2, -0.15) is 0 Å². The first-order valence-electron chi connectivity index (χ1n) is 9.40. The highest BCUT2D eigenvalue weighted by Crippen LogP contribution is 2.33. The SMILES string of the molecule is Fc1cccc(C2CNNC2C2CCN(Cc3ccccc3Cl)CC2)c1. The van der Waals surface area contributed by atoms with Crippen molar-refractivity contribution >= 4 is 11.6 Å². The molecule has 0 spiro atoms. The van der Waals surface area contributed by atoms with E-state index < -0.39 is 0 Å². The van der Waals surface area contributed by atoms with Gasteiger partial charge in [0.2, 0.25) is 0 Å². The molecule has 2 N–H and O–H groups in total. The molecule has 2 aromatic rings. The summed E-state index contributed by atoms with van der Waals surface area (Å²) >= 11 is 6.30. The van der Waals surface area contributed by atoms with E-state index in [0.717, 1.165) is 49.6 Å². The molecule has 2 saturated heterocycles. The van der Waals surface area contributed by atoms with Crippen LogP contribution in [0, 0.1) is 11.7 Å². The van der Waals surface area contributed by atoms with Crippen LogP contribution in [-0.4, -0.2) is 30.6 Å². The summed E-state index contributed by atoms with van der Waals surface area (Å²) in [7, 11) is 0. The van der Waals surface area contributed by atoms with E-state index in [0.29, 0.717) is 17.9 Å². The van der Waals surface area contributed by atoms with Crippen molar-refractivity contribution in [1.29, 1.82) is 0 Å². The molecule has 2 heterocycles. The predicted molar refractivity (Wildman–Crippen MR) is 104 cm³/mol. The zero-order valence-electron chi connectivity index (χ0n) is 14.8. The monoisotopic (exact) mass is 373 g/mol. The Morgan fingerprint density at radius 1 is 1.08 bits per heavy atom. The molecule has 5 heteroatoms. The van der Waals surface area contributed by atoms with Crippen LogP contribution in [0.4, 0.5) is 4.39 Å². The Morgan fingerprint density at radius 3 is 2.65 bits per heavy atom. The van der Waals surface area contributed by atoms with Crippen molar-refractivity contribution in [3.63, 3.8) is 0 Å². The highest BCUT2D eigenvalue weighted by molar-refractivity contribution is 6.31. The maximum Gasteiger partial charge on any atom is 0.123 e. The lowest BCUT2D eigenvalue weighted by Gasteiger charge is -2.36. The van der Waals surface area contributed by atoms with Gasteiger partial charge in [0.1, 0.15) is 5.82 Å². The maximum atomic E-state index is 13.6. The molecule has 0 aromatic heterocycles.